The van der Waals surface area contributed by atoms with Crippen LogP contribution in [0.3, 0.4) is 0 Å². The first kappa shape index (κ1) is 15.5. The van der Waals surface area contributed by atoms with Gasteiger partial charge in [-0.1, -0.05) is 17.7 Å². The molecule has 0 atom stereocenters. The molecule has 0 heterocycles. The van der Waals surface area contributed by atoms with Gasteiger partial charge in [0, 0.05) is 0 Å². The molecule has 1 N–H and O–H groups in total. The first-order chi connectivity index (χ1) is 9.40. The molecule has 1 aromatic carbocycles. The van der Waals surface area contributed by atoms with Gasteiger partial charge in [-0.05, 0) is 19.1 Å². The lowest BCUT2D eigenvalue weighted by Crippen LogP contribution is -2.43. The molecule has 0 saturated carbocycles. The van der Waals surface area contributed by atoms with E-state index in [2.05, 4.69) is 0 Å². The number of benzene rings is 1. The van der Waals surface area contributed by atoms with Crippen LogP contribution in [0, 0.1) is 29.6 Å². The third-order valence-corrected chi connectivity index (χ3v) is 3.70. The highest BCUT2D eigenvalue weighted by Gasteiger charge is 2.21. The highest BCUT2D eigenvalue weighted by molar-refractivity contribution is 7.90. The van der Waals surface area contributed by atoms with E-state index in [1.807, 2.05) is 4.72 Å². The maximum absolute atomic E-state index is 11.9. The molecule has 0 aliphatic carbocycles. The summed E-state index contributed by atoms with van der Waals surface area (Å²) in [6.45, 7) is 1.06. The first-order valence-corrected chi connectivity index (χ1v) is 7.01. The van der Waals surface area contributed by atoms with Crippen LogP contribution < -0.4 is 4.72 Å². The van der Waals surface area contributed by atoms with Gasteiger partial charge in [-0.2, -0.15) is 10.5 Å². The van der Waals surface area contributed by atoms with Crippen LogP contribution in [-0.4, -0.2) is 32.4 Å². The van der Waals surface area contributed by atoms with E-state index in [0.717, 1.165) is 10.5 Å². The van der Waals surface area contributed by atoms with Crippen molar-refractivity contribution >= 4 is 16.1 Å². The number of nitrogens with zero attached hydrogens (tertiary/aromatic N) is 3. The number of nitriles is 2. The zero-order chi connectivity index (χ0) is 15.2. The molecular weight excluding hydrogens is 280 g/mol. The lowest BCUT2D eigenvalue weighted by molar-refractivity contribution is 0.215. The van der Waals surface area contributed by atoms with Gasteiger partial charge in [0.25, 0.3) is 10.0 Å². The van der Waals surface area contributed by atoms with E-state index < -0.39 is 16.1 Å². The minimum Gasteiger partial charge on any atom is -0.297 e. The van der Waals surface area contributed by atoms with E-state index >= 15 is 0 Å². The number of carbonyl (C=O) groups is 1. The summed E-state index contributed by atoms with van der Waals surface area (Å²) in [5, 5.41) is 17.1. The molecule has 0 aromatic heterocycles. The number of amides is 2. The quantitative estimate of drug-likeness (QED) is 0.822. The van der Waals surface area contributed by atoms with Crippen LogP contribution >= 0.6 is 0 Å². The van der Waals surface area contributed by atoms with Gasteiger partial charge in [-0.15, -0.1) is 0 Å². The summed E-state index contributed by atoms with van der Waals surface area (Å²) >= 11 is 0. The molecule has 0 saturated heterocycles. The zero-order valence-electron chi connectivity index (χ0n) is 10.7. The Bertz CT molecular complexity index is 652. The number of aryl methyl sites for hydroxylation is 1. The van der Waals surface area contributed by atoms with Gasteiger partial charge >= 0.3 is 6.03 Å². The number of hydrogen-bond acceptors (Lipinski definition) is 5. The average molecular weight is 292 g/mol. The van der Waals surface area contributed by atoms with Crippen LogP contribution in [0.4, 0.5) is 4.79 Å². The topological polar surface area (TPSA) is 114 Å². The molecule has 0 spiro atoms. The maximum atomic E-state index is 11.9. The SMILES string of the molecule is Cc1ccc(S(=O)(=O)NC(=O)N(CC#N)CC#N)cc1. The Morgan fingerprint density at radius 3 is 2.15 bits per heavy atom. The molecule has 0 unspecified atom stereocenters. The predicted octanol–water partition coefficient (Wildman–Crippen LogP) is 0.742. The molecule has 104 valence electrons. The molecule has 8 heteroatoms. The lowest BCUT2D eigenvalue weighted by atomic mass is 10.2. The molecule has 7 nitrogen and oxygen atoms in total. The fourth-order valence-corrected chi connectivity index (χ4v) is 2.30. The van der Waals surface area contributed by atoms with Crippen LogP contribution in [0.15, 0.2) is 29.2 Å². The van der Waals surface area contributed by atoms with Crippen molar-refractivity contribution in [2.45, 2.75) is 11.8 Å². The Balaban J connectivity index is 2.90. The minimum atomic E-state index is -4.02. The second-order valence-electron chi connectivity index (χ2n) is 3.90. The number of hydrogen-bond donors (Lipinski definition) is 1. The van der Waals surface area contributed by atoms with Crippen molar-refractivity contribution in [3.8, 4) is 12.1 Å². The monoisotopic (exact) mass is 292 g/mol. The average Bonchev–Trinajstić information content (AvgIpc) is 2.38. The van der Waals surface area contributed by atoms with Gasteiger partial charge in [0.2, 0.25) is 0 Å². The van der Waals surface area contributed by atoms with Crippen molar-refractivity contribution < 1.29 is 13.2 Å². The molecule has 1 aromatic rings. The number of rotatable bonds is 4. The van der Waals surface area contributed by atoms with Crippen molar-refractivity contribution in [1.29, 1.82) is 10.5 Å². The molecular formula is C12H12N4O3S. The minimum absolute atomic E-state index is 0.0645. The third-order valence-electron chi connectivity index (χ3n) is 2.36. The summed E-state index contributed by atoms with van der Waals surface area (Å²) in [5.41, 5.74) is 0.880. The summed E-state index contributed by atoms with van der Waals surface area (Å²) < 4.78 is 25.7. The van der Waals surface area contributed by atoms with Crippen molar-refractivity contribution in [3.63, 3.8) is 0 Å². The van der Waals surface area contributed by atoms with Gasteiger partial charge in [0.15, 0.2) is 0 Å². The summed E-state index contributed by atoms with van der Waals surface area (Å²) in [4.78, 5) is 12.4. The molecule has 0 bridgehead atoms. The highest BCUT2D eigenvalue weighted by Crippen LogP contribution is 2.10. The smallest absolute Gasteiger partial charge is 0.297 e. The molecule has 2 amide bonds. The number of nitrogens with one attached hydrogen (secondary N) is 1. The summed E-state index contributed by atoms with van der Waals surface area (Å²) in [7, 11) is -4.02. The predicted molar refractivity (Wildman–Crippen MR) is 69.7 cm³/mol. The number of urea groups is 1. The Morgan fingerprint density at radius 1 is 1.20 bits per heavy atom. The van der Waals surface area contributed by atoms with Crippen molar-refractivity contribution in [1.82, 2.24) is 9.62 Å². The largest absolute Gasteiger partial charge is 0.333 e. The van der Waals surface area contributed by atoms with Gasteiger partial charge in [-0.3, -0.25) is 4.90 Å². The van der Waals surface area contributed by atoms with Crippen LogP contribution in [0.5, 0.6) is 0 Å². The second kappa shape index (κ2) is 6.55. The van der Waals surface area contributed by atoms with Gasteiger partial charge in [-0.25, -0.2) is 17.9 Å². The third kappa shape index (κ3) is 3.97. The van der Waals surface area contributed by atoms with E-state index in [0.29, 0.717) is 0 Å². The molecule has 1 rings (SSSR count). The molecule has 0 aliphatic heterocycles. The van der Waals surface area contributed by atoms with Crippen molar-refractivity contribution in [2.24, 2.45) is 0 Å². The fraction of sp³-hybridized carbons (Fsp3) is 0.250. The second-order valence-corrected chi connectivity index (χ2v) is 5.58. The van der Waals surface area contributed by atoms with E-state index in [4.69, 9.17) is 10.5 Å². The van der Waals surface area contributed by atoms with Gasteiger partial charge in [0.1, 0.15) is 13.1 Å². The maximum Gasteiger partial charge on any atom is 0.333 e. The summed E-state index contributed by atoms with van der Waals surface area (Å²) in [6.07, 6.45) is 0. The summed E-state index contributed by atoms with van der Waals surface area (Å²) in [5.74, 6) is 0. The zero-order valence-corrected chi connectivity index (χ0v) is 11.5. The van der Waals surface area contributed by atoms with E-state index in [9.17, 15) is 13.2 Å². The Labute approximate surface area is 117 Å². The van der Waals surface area contributed by atoms with E-state index in [1.54, 1.807) is 31.2 Å². The summed E-state index contributed by atoms with van der Waals surface area (Å²) in [6, 6.07) is 8.29. The Hall–Kier alpha value is -2.58. The van der Waals surface area contributed by atoms with Gasteiger partial charge in [0.05, 0.1) is 17.0 Å². The van der Waals surface area contributed by atoms with Crippen LogP contribution in [-0.2, 0) is 10.0 Å². The van der Waals surface area contributed by atoms with Crippen LogP contribution in [0.1, 0.15) is 5.56 Å². The Kier molecular flexibility index (Phi) is 5.07. The lowest BCUT2D eigenvalue weighted by Gasteiger charge is -2.16. The van der Waals surface area contributed by atoms with Crippen LogP contribution in [0.25, 0.3) is 0 Å². The van der Waals surface area contributed by atoms with E-state index in [1.165, 1.54) is 12.1 Å². The molecule has 20 heavy (non-hydrogen) atoms. The normalized spacial score (nSPS) is 10.2. The van der Waals surface area contributed by atoms with E-state index in [-0.39, 0.29) is 18.0 Å². The number of sulfonamides is 1. The molecule has 0 fully saturated rings. The van der Waals surface area contributed by atoms with Crippen molar-refractivity contribution in [2.75, 3.05) is 13.1 Å². The standard InChI is InChI=1S/C12H12N4O3S/c1-10-2-4-11(5-3-10)20(18,19)15-12(17)16(8-6-13)9-7-14/h2-5H,8-9H2,1H3,(H,15,17). The fourth-order valence-electron chi connectivity index (χ4n) is 1.33. The van der Waals surface area contributed by atoms with Crippen LogP contribution in [0.2, 0.25) is 0 Å². The van der Waals surface area contributed by atoms with Gasteiger partial charge < -0.3 is 0 Å². The van der Waals surface area contributed by atoms with Crippen molar-refractivity contribution in [3.05, 3.63) is 29.8 Å². The first-order valence-electron chi connectivity index (χ1n) is 5.53. The molecule has 0 radical (unpaired) electrons. The molecule has 0 aliphatic rings. The highest BCUT2D eigenvalue weighted by atomic mass is 32.2. The number of carbonyl (C=O) groups excluding carboxylic acids is 1. The Morgan fingerprint density at radius 2 is 1.70 bits per heavy atom.